The number of aromatic nitrogens is 4. The number of hydrogen-bond acceptors (Lipinski definition) is 2. The Morgan fingerprint density at radius 2 is 1.66 bits per heavy atom. The maximum absolute atomic E-state index is 8.74. The van der Waals surface area contributed by atoms with E-state index in [1.165, 1.54) is 15.9 Å². The fraction of sp³-hybridized carbons (Fsp3) is 0.136. The van der Waals surface area contributed by atoms with Gasteiger partial charge in [-0.1, -0.05) is 82.2 Å². The first-order valence-electron chi connectivity index (χ1n) is 19.1. The average Bonchev–Trinajstić information content (AvgIpc) is 3.71. The molecular formula is C44H36N4OSi. The number of fused-ring (bicyclic) bond motifs is 5. The number of pyridine rings is 1. The molecule has 3 aromatic heterocycles. The summed E-state index contributed by atoms with van der Waals surface area (Å²) in [5.74, 6) is 4.85. The predicted molar refractivity (Wildman–Crippen MR) is 206 cm³/mol. The molecule has 5 aromatic carbocycles. The van der Waals surface area contributed by atoms with E-state index in [2.05, 4.69) is 81.0 Å². The minimum Gasteiger partial charge on any atom is -0.458 e. The van der Waals surface area contributed by atoms with Crippen LogP contribution in [0.25, 0.3) is 50.0 Å². The molecule has 5 nitrogen and oxygen atoms in total. The lowest BCUT2D eigenvalue weighted by atomic mass is 9.88. The van der Waals surface area contributed by atoms with E-state index in [0.717, 1.165) is 44.4 Å². The van der Waals surface area contributed by atoms with Gasteiger partial charge in [-0.3, -0.25) is 13.7 Å². The fourth-order valence-corrected chi connectivity index (χ4v) is 10.3. The summed E-state index contributed by atoms with van der Waals surface area (Å²) in [4.78, 5) is 4.82. The molecule has 0 saturated carbocycles. The lowest BCUT2D eigenvalue weighted by molar-refractivity contribution is -0.572. The molecule has 1 aliphatic rings. The van der Waals surface area contributed by atoms with E-state index in [1.807, 2.05) is 65.4 Å². The second kappa shape index (κ2) is 10.8. The first-order valence-corrected chi connectivity index (χ1v) is 19.6. The van der Waals surface area contributed by atoms with Gasteiger partial charge in [0.25, 0.3) is 6.33 Å². The monoisotopic (exact) mass is 669 g/mol. The largest absolute Gasteiger partial charge is 0.458 e. The van der Waals surface area contributed by atoms with Crippen LogP contribution in [0.2, 0.25) is 13.1 Å². The summed E-state index contributed by atoms with van der Waals surface area (Å²) < 4.78 is 54.7. The highest BCUT2D eigenvalue weighted by atomic mass is 28.3. The van der Waals surface area contributed by atoms with Crippen LogP contribution in [0.4, 0.5) is 0 Å². The molecule has 0 atom stereocenters. The van der Waals surface area contributed by atoms with E-state index in [0.29, 0.717) is 17.0 Å². The number of rotatable bonds is 4. The molecule has 0 unspecified atom stereocenters. The zero-order valence-corrected chi connectivity index (χ0v) is 29.4. The lowest BCUT2D eigenvalue weighted by Crippen LogP contribution is -2.57. The minimum atomic E-state index is -2.28. The number of hydrogen-bond donors (Lipinski definition) is 0. The number of ether oxygens (including phenoxy) is 1. The van der Waals surface area contributed by atoms with Crippen LogP contribution in [0.3, 0.4) is 0 Å². The molecule has 50 heavy (non-hydrogen) atoms. The molecule has 9 rings (SSSR count). The Morgan fingerprint density at radius 3 is 2.46 bits per heavy atom. The Hall–Kier alpha value is -5.90. The highest BCUT2D eigenvalue weighted by Gasteiger charge is 2.36. The SMILES string of the molecule is [2H]c1c([2H])c([2H])c(-[n+]2[c-]n3c4c(cccc42)[Si](C)(C)c2ccc(Oc4ccc5c6cc(C#C)ccc6n(-c6cc(C(C)(C)C)ccn6)c5c4)cc2-3)c([2H])c1[2H]. The zero-order chi connectivity index (χ0) is 38.7. The summed E-state index contributed by atoms with van der Waals surface area (Å²) in [5.41, 5.74) is 6.38. The minimum absolute atomic E-state index is 0.0582. The van der Waals surface area contributed by atoms with Crippen molar-refractivity contribution in [1.82, 2.24) is 14.1 Å². The zero-order valence-electron chi connectivity index (χ0n) is 33.4. The first-order chi connectivity index (χ1) is 26.2. The van der Waals surface area contributed by atoms with E-state index >= 15 is 0 Å². The molecule has 0 saturated heterocycles. The number of para-hydroxylation sites is 2. The number of benzene rings is 5. The van der Waals surface area contributed by atoms with Gasteiger partial charge in [-0.15, -0.1) is 6.42 Å². The molecule has 0 amide bonds. The number of terminal acetylenes is 1. The molecule has 1 aliphatic heterocycles. The van der Waals surface area contributed by atoms with Gasteiger partial charge in [-0.05, 0) is 88.0 Å². The lowest BCUT2D eigenvalue weighted by Gasteiger charge is -2.32. The highest BCUT2D eigenvalue weighted by Crippen LogP contribution is 2.37. The van der Waals surface area contributed by atoms with E-state index < -0.39 is 14.1 Å². The molecule has 0 bridgehead atoms. The number of imidazole rings is 1. The molecule has 0 fully saturated rings. The van der Waals surface area contributed by atoms with Gasteiger partial charge in [0.1, 0.15) is 25.4 Å². The van der Waals surface area contributed by atoms with Crippen molar-refractivity contribution in [3.05, 3.63) is 139 Å². The van der Waals surface area contributed by atoms with Crippen molar-refractivity contribution in [3.8, 4) is 41.0 Å². The van der Waals surface area contributed by atoms with E-state index in [1.54, 1.807) is 4.57 Å². The van der Waals surface area contributed by atoms with Crippen LogP contribution in [-0.4, -0.2) is 22.2 Å². The topological polar surface area (TPSA) is 35.9 Å². The van der Waals surface area contributed by atoms with Crippen molar-refractivity contribution < 1.29 is 16.2 Å². The third kappa shape index (κ3) is 4.54. The molecule has 0 radical (unpaired) electrons. The molecular weight excluding hydrogens is 629 g/mol. The van der Waals surface area contributed by atoms with Crippen molar-refractivity contribution in [1.29, 1.82) is 0 Å². The molecule has 242 valence electrons. The molecule has 0 aliphatic carbocycles. The Kier molecular flexibility index (Phi) is 5.43. The van der Waals surface area contributed by atoms with Crippen molar-refractivity contribution >= 4 is 51.3 Å². The van der Waals surface area contributed by atoms with E-state index in [-0.39, 0.29) is 35.3 Å². The molecule has 0 N–H and O–H groups in total. The molecule has 8 aromatic rings. The Labute approximate surface area is 300 Å². The second-order valence-electron chi connectivity index (χ2n) is 14.4. The first kappa shape index (κ1) is 25.1. The normalized spacial score (nSPS) is 14.8. The van der Waals surface area contributed by atoms with E-state index in [4.69, 9.17) is 23.0 Å². The molecule has 0 spiro atoms. The van der Waals surface area contributed by atoms with E-state index in [9.17, 15) is 0 Å². The van der Waals surface area contributed by atoms with Gasteiger partial charge in [-0.25, -0.2) is 4.98 Å². The average molecular weight is 670 g/mol. The predicted octanol–water partition coefficient (Wildman–Crippen LogP) is 8.41. The van der Waals surface area contributed by atoms with Crippen LogP contribution in [0.1, 0.15) is 38.8 Å². The fourth-order valence-electron chi connectivity index (χ4n) is 7.33. The summed E-state index contributed by atoms with van der Waals surface area (Å²) in [5, 5.41) is 4.39. The maximum atomic E-state index is 8.74. The maximum Gasteiger partial charge on any atom is 0.269 e. The summed E-state index contributed by atoms with van der Waals surface area (Å²) in [6, 6.07) is 26.7. The van der Waals surface area contributed by atoms with Crippen molar-refractivity contribution in [3.63, 3.8) is 0 Å². The van der Waals surface area contributed by atoms with Crippen LogP contribution in [0, 0.1) is 18.7 Å². The van der Waals surface area contributed by atoms with Crippen LogP contribution >= 0.6 is 0 Å². The van der Waals surface area contributed by atoms with Gasteiger partial charge in [0.2, 0.25) is 0 Å². The Morgan fingerprint density at radius 1 is 0.860 bits per heavy atom. The van der Waals surface area contributed by atoms with Gasteiger partial charge in [0, 0.05) is 28.6 Å². The highest BCUT2D eigenvalue weighted by molar-refractivity contribution is 7.02. The third-order valence-electron chi connectivity index (χ3n) is 9.93. The second-order valence-corrected chi connectivity index (χ2v) is 18.7. The van der Waals surface area contributed by atoms with Crippen molar-refractivity contribution in [2.75, 3.05) is 0 Å². The standard InChI is InChI=1S/C44H36N4OSi/c1-7-29-16-20-36-35(24-29)34-19-17-32(26-38(34)48(36)42-25-30(22-23-45-42)44(2,3)4)49-33-18-21-40-39(27-33)47-28-46(31-12-9-8-10-13-31)37-14-11-15-41(43(37)47)50(40,5)6/h1,8-27H,2-6H3/i8D,9D,10D,12D,13D. The summed E-state index contributed by atoms with van der Waals surface area (Å²) >= 11 is 0. The summed E-state index contributed by atoms with van der Waals surface area (Å²) in [7, 11) is -2.28. The molecule has 6 heteroatoms. The van der Waals surface area contributed by atoms with Gasteiger partial charge in [0.15, 0.2) is 0 Å². The summed E-state index contributed by atoms with van der Waals surface area (Å²) in [6.45, 7) is 11.2. The number of nitrogens with zero attached hydrogens (tertiary/aromatic N) is 4. The van der Waals surface area contributed by atoms with Gasteiger partial charge < -0.3 is 4.74 Å². The van der Waals surface area contributed by atoms with Gasteiger partial charge in [-0.2, -0.15) is 0 Å². The molecule has 4 heterocycles. The van der Waals surface area contributed by atoms with Gasteiger partial charge in [0.05, 0.1) is 40.3 Å². The van der Waals surface area contributed by atoms with Crippen molar-refractivity contribution in [2.45, 2.75) is 39.3 Å². The van der Waals surface area contributed by atoms with Gasteiger partial charge >= 0.3 is 0 Å². The summed E-state index contributed by atoms with van der Waals surface area (Å²) in [6.07, 6.45) is 11.1. The Balaban J connectivity index is 1.20. The third-order valence-corrected chi connectivity index (χ3v) is 13.4. The van der Waals surface area contributed by atoms with Crippen LogP contribution in [0.15, 0.2) is 121 Å². The van der Waals surface area contributed by atoms with Crippen LogP contribution < -0.4 is 19.7 Å². The quantitative estimate of drug-likeness (QED) is 0.0817. The Bertz CT molecular complexity index is 2980. The van der Waals surface area contributed by atoms with Crippen molar-refractivity contribution in [2.24, 2.45) is 0 Å². The smallest absolute Gasteiger partial charge is 0.269 e. The van der Waals surface area contributed by atoms with Crippen LogP contribution in [0.5, 0.6) is 11.5 Å². The van der Waals surface area contributed by atoms with Crippen LogP contribution in [-0.2, 0) is 5.41 Å².